The smallest absolute Gasteiger partial charge is 0.122 e. The Morgan fingerprint density at radius 1 is 1.17 bits per heavy atom. The summed E-state index contributed by atoms with van der Waals surface area (Å²) in [5.41, 5.74) is 2.49. The maximum absolute atomic E-state index is 5.75. The molecule has 18 heavy (non-hydrogen) atoms. The maximum Gasteiger partial charge on any atom is 0.122 e. The predicted octanol–water partition coefficient (Wildman–Crippen LogP) is 2.22. The van der Waals surface area contributed by atoms with Crippen LogP contribution in [0.4, 0.5) is 0 Å². The summed E-state index contributed by atoms with van der Waals surface area (Å²) in [6.45, 7) is 8.00. The highest BCUT2D eigenvalue weighted by Gasteiger charge is 1.98. The molecular weight excluding hydrogens is 224 g/mol. The van der Waals surface area contributed by atoms with Crippen LogP contribution in [0.3, 0.4) is 0 Å². The summed E-state index contributed by atoms with van der Waals surface area (Å²) in [4.78, 5) is 2.20. The van der Waals surface area contributed by atoms with Gasteiger partial charge in [0, 0.05) is 6.54 Å². The number of hydrogen-bond acceptors (Lipinski definition) is 3. The average Bonchev–Trinajstić information content (AvgIpc) is 2.30. The fourth-order valence-electron chi connectivity index (χ4n) is 1.84. The summed E-state index contributed by atoms with van der Waals surface area (Å²) in [7, 11) is 4.20. The first-order valence-electron chi connectivity index (χ1n) is 6.65. The zero-order valence-electron chi connectivity index (χ0n) is 12.1. The third-order valence-electron chi connectivity index (χ3n) is 2.83. The van der Waals surface area contributed by atoms with Crippen LogP contribution in [-0.4, -0.2) is 45.2 Å². The fraction of sp³-hybridized carbons (Fsp3) is 0.600. The summed E-state index contributed by atoms with van der Waals surface area (Å²) in [6, 6.07) is 6.30. The summed E-state index contributed by atoms with van der Waals surface area (Å²) in [5.74, 6) is 0.996. The van der Waals surface area contributed by atoms with Crippen molar-refractivity contribution in [2.45, 2.75) is 20.3 Å². The molecule has 0 spiro atoms. The first-order chi connectivity index (χ1) is 8.59. The van der Waals surface area contributed by atoms with E-state index in [0.29, 0.717) is 0 Å². The lowest BCUT2D eigenvalue weighted by molar-refractivity contribution is 0.309. The van der Waals surface area contributed by atoms with Gasteiger partial charge in [0.25, 0.3) is 0 Å². The third-order valence-corrected chi connectivity index (χ3v) is 2.83. The molecule has 1 aromatic rings. The van der Waals surface area contributed by atoms with E-state index >= 15 is 0 Å². The highest BCUT2D eigenvalue weighted by atomic mass is 16.5. The molecule has 0 heterocycles. The van der Waals surface area contributed by atoms with Crippen molar-refractivity contribution < 1.29 is 4.74 Å². The molecule has 0 aliphatic carbocycles. The molecule has 0 aromatic heterocycles. The lowest BCUT2D eigenvalue weighted by Gasteiger charge is -2.11. The van der Waals surface area contributed by atoms with Crippen LogP contribution in [0, 0.1) is 13.8 Å². The maximum atomic E-state index is 5.75. The van der Waals surface area contributed by atoms with Crippen molar-refractivity contribution in [3.63, 3.8) is 0 Å². The Morgan fingerprint density at radius 2 is 1.94 bits per heavy atom. The Kier molecular flexibility index (Phi) is 6.76. The van der Waals surface area contributed by atoms with Crippen molar-refractivity contribution in [2.24, 2.45) is 0 Å². The van der Waals surface area contributed by atoms with E-state index in [1.165, 1.54) is 17.5 Å². The van der Waals surface area contributed by atoms with Gasteiger partial charge in [0.1, 0.15) is 12.4 Å². The van der Waals surface area contributed by atoms with E-state index in [1.54, 1.807) is 0 Å². The van der Waals surface area contributed by atoms with Crippen molar-refractivity contribution in [2.75, 3.05) is 40.3 Å². The van der Waals surface area contributed by atoms with Crippen LogP contribution in [0.5, 0.6) is 5.75 Å². The van der Waals surface area contributed by atoms with Crippen LogP contribution in [-0.2, 0) is 0 Å². The van der Waals surface area contributed by atoms with Gasteiger partial charge in [-0.15, -0.1) is 0 Å². The van der Waals surface area contributed by atoms with E-state index in [9.17, 15) is 0 Å². The topological polar surface area (TPSA) is 24.5 Å². The zero-order valence-corrected chi connectivity index (χ0v) is 12.1. The minimum Gasteiger partial charge on any atom is -0.492 e. The molecule has 102 valence electrons. The molecular formula is C15H26N2O. The van der Waals surface area contributed by atoms with Gasteiger partial charge in [-0.2, -0.15) is 0 Å². The van der Waals surface area contributed by atoms with Gasteiger partial charge < -0.3 is 15.0 Å². The number of aryl methyl sites for hydroxylation is 2. The van der Waals surface area contributed by atoms with Gasteiger partial charge in [0.2, 0.25) is 0 Å². The predicted molar refractivity (Wildman–Crippen MR) is 77.5 cm³/mol. The van der Waals surface area contributed by atoms with Crippen molar-refractivity contribution in [3.05, 3.63) is 29.3 Å². The molecule has 0 unspecified atom stereocenters. The molecule has 0 bridgehead atoms. The number of ether oxygens (including phenoxy) is 1. The molecule has 3 heteroatoms. The molecule has 1 rings (SSSR count). The van der Waals surface area contributed by atoms with Gasteiger partial charge in [-0.25, -0.2) is 0 Å². The highest BCUT2D eigenvalue weighted by Crippen LogP contribution is 2.18. The summed E-state index contributed by atoms with van der Waals surface area (Å²) in [5, 5.41) is 3.39. The van der Waals surface area contributed by atoms with Crippen LogP contribution < -0.4 is 10.1 Å². The van der Waals surface area contributed by atoms with Crippen LogP contribution in [0.15, 0.2) is 18.2 Å². The second-order valence-electron chi connectivity index (χ2n) is 5.02. The molecule has 0 amide bonds. The largest absolute Gasteiger partial charge is 0.492 e. The van der Waals surface area contributed by atoms with Crippen LogP contribution in [0.2, 0.25) is 0 Å². The second-order valence-corrected chi connectivity index (χ2v) is 5.02. The lowest BCUT2D eigenvalue weighted by atomic mass is 10.1. The molecule has 1 aromatic carbocycles. The highest BCUT2D eigenvalue weighted by molar-refractivity contribution is 5.35. The minimum absolute atomic E-state index is 0.728. The van der Waals surface area contributed by atoms with E-state index < -0.39 is 0 Å². The molecule has 0 radical (unpaired) electrons. The summed E-state index contributed by atoms with van der Waals surface area (Å²) >= 11 is 0. The Hall–Kier alpha value is -1.06. The number of nitrogens with one attached hydrogen (secondary N) is 1. The second kappa shape index (κ2) is 8.11. The van der Waals surface area contributed by atoms with E-state index in [2.05, 4.69) is 56.4 Å². The lowest BCUT2D eigenvalue weighted by Crippen LogP contribution is -2.25. The molecule has 0 fully saturated rings. The Bertz CT molecular complexity index is 350. The Morgan fingerprint density at radius 3 is 2.61 bits per heavy atom. The van der Waals surface area contributed by atoms with Gasteiger partial charge in [0.15, 0.2) is 0 Å². The van der Waals surface area contributed by atoms with Crippen molar-refractivity contribution >= 4 is 0 Å². The van der Waals surface area contributed by atoms with E-state index in [1.807, 2.05) is 0 Å². The quantitative estimate of drug-likeness (QED) is 0.716. The van der Waals surface area contributed by atoms with Crippen LogP contribution in [0.1, 0.15) is 17.5 Å². The molecule has 0 aliphatic heterocycles. The van der Waals surface area contributed by atoms with Crippen molar-refractivity contribution in [3.8, 4) is 5.75 Å². The number of hydrogen-bond donors (Lipinski definition) is 1. The van der Waals surface area contributed by atoms with E-state index in [-0.39, 0.29) is 0 Å². The SMILES string of the molecule is Cc1ccc(OCCNCCCN(C)C)c(C)c1. The van der Waals surface area contributed by atoms with E-state index in [0.717, 1.165) is 32.0 Å². The summed E-state index contributed by atoms with van der Waals surface area (Å²) < 4.78 is 5.75. The zero-order chi connectivity index (χ0) is 13.4. The average molecular weight is 250 g/mol. The van der Waals surface area contributed by atoms with Gasteiger partial charge in [-0.3, -0.25) is 0 Å². The standard InChI is InChI=1S/C15H26N2O/c1-13-6-7-15(14(2)12-13)18-11-9-16-8-5-10-17(3)4/h6-7,12,16H,5,8-11H2,1-4H3. The van der Waals surface area contributed by atoms with Gasteiger partial charge in [-0.05, 0) is 59.1 Å². The van der Waals surface area contributed by atoms with Gasteiger partial charge in [-0.1, -0.05) is 17.7 Å². The third kappa shape index (κ3) is 6.03. The van der Waals surface area contributed by atoms with Gasteiger partial charge in [0.05, 0.1) is 0 Å². The van der Waals surface area contributed by atoms with Crippen LogP contribution >= 0.6 is 0 Å². The molecule has 0 aliphatic rings. The summed E-state index contributed by atoms with van der Waals surface area (Å²) in [6.07, 6.45) is 1.18. The minimum atomic E-state index is 0.728. The van der Waals surface area contributed by atoms with Crippen molar-refractivity contribution in [1.29, 1.82) is 0 Å². The monoisotopic (exact) mass is 250 g/mol. The molecule has 3 nitrogen and oxygen atoms in total. The Balaban J connectivity index is 2.11. The molecule has 1 N–H and O–H groups in total. The fourth-order valence-corrected chi connectivity index (χ4v) is 1.84. The number of rotatable bonds is 8. The van der Waals surface area contributed by atoms with E-state index in [4.69, 9.17) is 4.74 Å². The van der Waals surface area contributed by atoms with Crippen molar-refractivity contribution in [1.82, 2.24) is 10.2 Å². The Labute approximate surface area is 111 Å². The molecule has 0 saturated carbocycles. The molecule has 0 atom stereocenters. The first kappa shape index (κ1) is 15.0. The normalized spacial score (nSPS) is 10.9. The number of benzene rings is 1. The molecule has 0 saturated heterocycles. The van der Waals surface area contributed by atoms with Gasteiger partial charge >= 0.3 is 0 Å². The van der Waals surface area contributed by atoms with Crippen LogP contribution in [0.25, 0.3) is 0 Å². The first-order valence-corrected chi connectivity index (χ1v) is 6.65. The number of nitrogens with zero attached hydrogens (tertiary/aromatic N) is 1.